The van der Waals surface area contributed by atoms with E-state index < -0.39 is 0 Å². The summed E-state index contributed by atoms with van der Waals surface area (Å²) < 4.78 is 2.18. The van der Waals surface area contributed by atoms with Gasteiger partial charge in [0, 0.05) is 10.0 Å². The number of hydrogen-bond acceptors (Lipinski definition) is 3. The molecule has 0 bridgehead atoms. The lowest BCUT2D eigenvalue weighted by atomic mass is 10.2. The molecule has 0 spiro atoms. The highest BCUT2D eigenvalue weighted by molar-refractivity contribution is 9.10. The lowest BCUT2D eigenvalue weighted by Crippen LogP contribution is -1.80. The van der Waals surface area contributed by atoms with Crippen LogP contribution in [0.3, 0.4) is 0 Å². The van der Waals surface area contributed by atoms with E-state index in [4.69, 9.17) is 5.11 Å². The van der Waals surface area contributed by atoms with Gasteiger partial charge in [0.1, 0.15) is 5.01 Å². The number of aliphatic hydroxyl groups excluding tert-OH is 1. The van der Waals surface area contributed by atoms with Gasteiger partial charge in [-0.05, 0) is 29.8 Å². The monoisotopic (exact) mass is 319 g/mol. The average Bonchev–Trinajstić information content (AvgIpc) is 2.82. The highest BCUT2D eigenvalue weighted by Gasteiger charge is 2.06. The largest absolute Gasteiger partial charge is 0.392 e. The second-order valence-corrected chi connectivity index (χ2v) is 5.93. The van der Waals surface area contributed by atoms with Crippen LogP contribution < -0.4 is 0 Å². The van der Waals surface area contributed by atoms with Crippen molar-refractivity contribution in [3.05, 3.63) is 52.5 Å². The highest BCUT2D eigenvalue weighted by Crippen LogP contribution is 2.31. The molecule has 18 heavy (non-hydrogen) atoms. The summed E-state index contributed by atoms with van der Waals surface area (Å²) in [6, 6.07) is 14.0. The Hall–Kier alpha value is -1.23. The van der Waals surface area contributed by atoms with E-state index in [2.05, 4.69) is 33.0 Å². The second kappa shape index (κ2) is 4.80. The van der Waals surface area contributed by atoms with Crippen molar-refractivity contribution < 1.29 is 5.11 Å². The van der Waals surface area contributed by atoms with Gasteiger partial charge in [-0.2, -0.15) is 0 Å². The quantitative estimate of drug-likeness (QED) is 0.767. The van der Waals surface area contributed by atoms with Crippen LogP contribution >= 0.6 is 27.3 Å². The molecule has 0 saturated carbocycles. The van der Waals surface area contributed by atoms with E-state index in [9.17, 15) is 0 Å². The number of fused-ring (bicyclic) bond motifs is 1. The van der Waals surface area contributed by atoms with Crippen LogP contribution in [-0.2, 0) is 6.61 Å². The van der Waals surface area contributed by atoms with Crippen LogP contribution in [-0.4, -0.2) is 10.1 Å². The molecule has 0 amide bonds. The highest BCUT2D eigenvalue weighted by atomic mass is 79.9. The first-order chi connectivity index (χ1) is 8.76. The van der Waals surface area contributed by atoms with Crippen LogP contribution in [0.4, 0.5) is 0 Å². The molecule has 1 aromatic heterocycles. The molecule has 3 aromatic rings. The van der Waals surface area contributed by atoms with Gasteiger partial charge in [-0.1, -0.05) is 34.1 Å². The Labute approximate surface area is 117 Å². The smallest absolute Gasteiger partial charge is 0.124 e. The Morgan fingerprint density at radius 3 is 2.61 bits per heavy atom. The molecule has 4 heteroatoms. The molecule has 2 nitrogen and oxygen atoms in total. The fourth-order valence-electron chi connectivity index (χ4n) is 1.78. The molecule has 0 atom stereocenters. The van der Waals surface area contributed by atoms with Crippen molar-refractivity contribution in [3.8, 4) is 10.6 Å². The molecule has 0 unspecified atom stereocenters. The van der Waals surface area contributed by atoms with Gasteiger partial charge < -0.3 is 5.11 Å². The molecular weight excluding hydrogens is 310 g/mol. The Kier molecular flexibility index (Phi) is 3.16. The Bertz CT molecular complexity index is 691. The lowest BCUT2D eigenvalue weighted by molar-refractivity contribution is 0.282. The van der Waals surface area contributed by atoms with Crippen molar-refractivity contribution in [2.24, 2.45) is 0 Å². The Morgan fingerprint density at radius 2 is 1.89 bits per heavy atom. The Morgan fingerprint density at radius 1 is 1.11 bits per heavy atom. The van der Waals surface area contributed by atoms with E-state index in [1.807, 2.05) is 30.3 Å². The maximum absolute atomic E-state index is 9.13. The summed E-state index contributed by atoms with van der Waals surface area (Å²) in [6.07, 6.45) is 0. The summed E-state index contributed by atoms with van der Waals surface area (Å²) in [5.41, 5.74) is 3.02. The number of hydrogen-bond donors (Lipinski definition) is 1. The van der Waals surface area contributed by atoms with Crippen molar-refractivity contribution in [3.63, 3.8) is 0 Å². The first-order valence-corrected chi connectivity index (χ1v) is 7.13. The molecule has 0 radical (unpaired) electrons. The van der Waals surface area contributed by atoms with Crippen LogP contribution in [0.1, 0.15) is 5.56 Å². The third kappa shape index (κ3) is 2.19. The maximum atomic E-state index is 9.13. The molecule has 2 aromatic carbocycles. The minimum atomic E-state index is 0.0709. The SMILES string of the molecule is OCc1ccc2nc(-c3ccc(Br)cc3)sc2c1. The Balaban J connectivity index is 2.10. The van der Waals surface area contributed by atoms with E-state index in [1.54, 1.807) is 11.3 Å². The van der Waals surface area contributed by atoms with E-state index in [0.717, 1.165) is 30.8 Å². The summed E-state index contributed by atoms with van der Waals surface area (Å²) in [6.45, 7) is 0.0709. The normalized spacial score (nSPS) is 11.0. The van der Waals surface area contributed by atoms with Crippen LogP contribution in [0.2, 0.25) is 0 Å². The molecule has 1 heterocycles. The van der Waals surface area contributed by atoms with Crippen LogP contribution in [0.15, 0.2) is 46.9 Å². The third-order valence-corrected chi connectivity index (χ3v) is 4.32. The van der Waals surface area contributed by atoms with E-state index in [1.165, 1.54) is 0 Å². The van der Waals surface area contributed by atoms with Crippen molar-refractivity contribution in [1.82, 2.24) is 4.98 Å². The topological polar surface area (TPSA) is 33.1 Å². The molecule has 0 aliphatic carbocycles. The van der Waals surface area contributed by atoms with E-state index in [-0.39, 0.29) is 6.61 Å². The maximum Gasteiger partial charge on any atom is 0.124 e. The predicted molar refractivity (Wildman–Crippen MR) is 78.7 cm³/mol. The summed E-state index contributed by atoms with van der Waals surface area (Å²) in [7, 11) is 0. The number of halogens is 1. The molecular formula is C14H10BrNOS. The van der Waals surface area contributed by atoms with Gasteiger partial charge in [-0.15, -0.1) is 11.3 Å². The van der Waals surface area contributed by atoms with Crippen molar-refractivity contribution in [2.45, 2.75) is 6.61 Å². The number of aliphatic hydroxyl groups is 1. The van der Waals surface area contributed by atoms with Crippen LogP contribution in [0.5, 0.6) is 0 Å². The fourth-order valence-corrected chi connectivity index (χ4v) is 3.08. The van der Waals surface area contributed by atoms with Gasteiger partial charge in [-0.3, -0.25) is 0 Å². The number of aromatic nitrogens is 1. The zero-order valence-corrected chi connectivity index (χ0v) is 11.8. The summed E-state index contributed by atoms with van der Waals surface area (Å²) in [5, 5.41) is 10.1. The van der Waals surface area contributed by atoms with Gasteiger partial charge in [0.15, 0.2) is 0 Å². The minimum Gasteiger partial charge on any atom is -0.392 e. The molecule has 0 aliphatic rings. The number of nitrogens with zero attached hydrogens (tertiary/aromatic N) is 1. The van der Waals surface area contributed by atoms with Gasteiger partial charge >= 0.3 is 0 Å². The first-order valence-electron chi connectivity index (χ1n) is 5.52. The zero-order chi connectivity index (χ0) is 12.5. The van der Waals surface area contributed by atoms with Crippen molar-refractivity contribution >= 4 is 37.5 Å². The van der Waals surface area contributed by atoms with Crippen LogP contribution in [0.25, 0.3) is 20.8 Å². The van der Waals surface area contributed by atoms with Gasteiger partial charge in [0.2, 0.25) is 0 Å². The number of benzene rings is 2. The van der Waals surface area contributed by atoms with Crippen LogP contribution in [0, 0.1) is 0 Å². The molecule has 0 aliphatic heterocycles. The summed E-state index contributed by atoms with van der Waals surface area (Å²) >= 11 is 5.07. The van der Waals surface area contributed by atoms with Crippen molar-refractivity contribution in [2.75, 3.05) is 0 Å². The molecule has 90 valence electrons. The standard InChI is InChI=1S/C14H10BrNOS/c15-11-4-2-10(3-5-11)14-16-12-6-1-9(8-17)7-13(12)18-14/h1-7,17H,8H2. The molecule has 0 fully saturated rings. The van der Waals surface area contributed by atoms with Gasteiger partial charge in [0.25, 0.3) is 0 Å². The lowest BCUT2D eigenvalue weighted by Gasteiger charge is -1.94. The second-order valence-electron chi connectivity index (χ2n) is 3.99. The van der Waals surface area contributed by atoms with Crippen molar-refractivity contribution in [1.29, 1.82) is 0 Å². The summed E-state index contributed by atoms with van der Waals surface area (Å²) in [5.74, 6) is 0. The first kappa shape index (κ1) is 11.8. The fraction of sp³-hybridized carbons (Fsp3) is 0.0714. The van der Waals surface area contributed by atoms with Gasteiger partial charge in [-0.25, -0.2) is 4.98 Å². The number of thiazole rings is 1. The zero-order valence-electron chi connectivity index (χ0n) is 9.43. The molecule has 0 saturated heterocycles. The predicted octanol–water partition coefficient (Wildman–Crippen LogP) is 4.22. The molecule has 3 rings (SSSR count). The average molecular weight is 320 g/mol. The number of rotatable bonds is 2. The van der Waals surface area contributed by atoms with Gasteiger partial charge in [0.05, 0.1) is 16.8 Å². The third-order valence-electron chi connectivity index (χ3n) is 2.73. The minimum absolute atomic E-state index is 0.0709. The van der Waals surface area contributed by atoms with E-state index in [0.29, 0.717) is 0 Å². The molecule has 1 N–H and O–H groups in total. The summed E-state index contributed by atoms with van der Waals surface area (Å²) in [4.78, 5) is 4.61. The van der Waals surface area contributed by atoms with E-state index >= 15 is 0 Å².